The van der Waals surface area contributed by atoms with Gasteiger partial charge in [-0.1, -0.05) is 12.1 Å². The van der Waals surface area contributed by atoms with E-state index in [1.165, 1.54) is 5.56 Å². The molecule has 1 saturated heterocycles. The molecule has 2 N–H and O–H groups in total. The Morgan fingerprint density at radius 3 is 3.04 bits per heavy atom. The lowest BCUT2D eigenvalue weighted by Gasteiger charge is -2.24. The SMILES string of the molecule is C=CC(CC(=O)O)N1CCN(CCCc2ccc3c(n2)NCCC3)C1=O. The standard InChI is InChI=1S/C19H26N4O3/c1-2-16(13-17(24)25)23-12-11-22(19(23)26)10-4-6-15-8-7-14-5-3-9-20-18(14)21-15/h2,7-8,16H,1,3-6,9-13H2,(H,20,21)(H,24,25). The molecule has 2 amide bonds. The molecule has 3 rings (SSSR count). The Morgan fingerprint density at radius 1 is 1.42 bits per heavy atom. The second kappa shape index (κ2) is 8.21. The average molecular weight is 358 g/mol. The maximum absolute atomic E-state index is 12.5. The van der Waals surface area contributed by atoms with Crippen molar-refractivity contribution in [2.75, 3.05) is 31.5 Å². The molecule has 2 aliphatic heterocycles. The number of aromatic nitrogens is 1. The number of amides is 2. The first-order chi connectivity index (χ1) is 12.6. The zero-order valence-electron chi connectivity index (χ0n) is 15.0. The van der Waals surface area contributed by atoms with Gasteiger partial charge in [0.1, 0.15) is 5.82 Å². The Balaban J connectivity index is 1.50. The molecule has 1 fully saturated rings. The quantitative estimate of drug-likeness (QED) is 0.696. The summed E-state index contributed by atoms with van der Waals surface area (Å²) < 4.78 is 0. The predicted octanol–water partition coefficient (Wildman–Crippen LogP) is 2.14. The first-order valence-electron chi connectivity index (χ1n) is 9.21. The summed E-state index contributed by atoms with van der Waals surface area (Å²) >= 11 is 0. The minimum atomic E-state index is -0.923. The van der Waals surface area contributed by atoms with E-state index in [1.54, 1.807) is 15.9 Å². The number of carboxylic acids is 1. The van der Waals surface area contributed by atoms with Gasteiger partial charge in [-0.2, -0.15) is 0 Å². The van der Waals surface area contributed by atoms with Gasteiger partial charge in [0.15, 0.2) is 0 Å². The van der Waals surface area contributed by atoms with Crippen molar-refractivity contribution in [3.05, 3.63) is 36.0 Å². The van der Waals surface area contributed by atoms with Gasteiger partial charge in [-0.05, 0) is 37.3 Å². The number of anilines is 1. The molecule has 0 saturated carbocycles. The van der Waals surface area contributed by atoms with E-state index in [0.717, 1.165) is 43.7 Å². The van der Waals surface area contributed by atoms with E-state index in [0.29, 0.717) is 19.6 Å². The summed E-state index contributed by atoms with van der Waals surface area (Å²) in [5, 5.41) is 12.3. The number of pyridine rings is 1. The van der Waals surface area contributed by atoms with Crippen LogP contribution in [0.5, 0.6) is 0 Å². The summed E-state index contributed by atoms with van der Waals surface area (Å²) in [5.41, 5.74) is 2.32. The maximum atomic E-state index is 12.5. The van der Waals surface area contributed by atoms with E-state index in [9.17, 15) is 9.59 Å². The van der Waals surface area contributed by atoms with Crippen LogP contribution in [-0.2, 0) is 17.6 Å². The lowest BCUT2D eigenvalue weighted by molar-refractivity contribution is -0.137. The van der Waals surface area contributed by atoms with Gasteiger partial charge in [-0.25, -0.2) is 9.78 Å². The van der Waals surface area contributed by atoms with Crippen LogP contribution in [0.2, 0.25) is 0 Å². The smallest absolute Gasteiger partial charge is 0.320 e. The van der Waals surface area contributed by atoms with Gasteiger partial charge in [0.05, 0.1) is 12.5 Å². The molecule has 1 aromatic heterocycles. The van der Waals surface area contributed by atoms with Crippen molar-refractivity contribution in [1.82, 2.24) is 14.8 Å². The van der Waals surface area contributed by atoms with Crippen molar-refractivity contribution in [3.63, 3.8) is 0 Å². The van der Waals surface area contributed by atoms with Crippen LogP contribution in [0.15, 0.2) is 24.8 Å². The van der Waals surface area contributed by atoms with Gasteiger partial charge in [0.25, 0.3) is 0 Å². The highest BCUT2D eigenvalue weighted by Crippen LogP contribution is 2.21. The van der Waals surface area contributed by atoms with Crippen molar-refractivity contribution in [2.24, 2.45) is 0 Å². The zero-order chi connectivity index (χ0) is 18.5. The molecule has 1 unspecified atom stereocenters. The molecule has 26 heavy (non-hydrogen) atoms. The van der Waals surface area contributed by atoms with Crippen LogP contribution in [0, 0.1) is 0 Å². The first-order valence-corrected chi connectivity index (χ1v) is 9.21. The Morgan fingerprint density at radius 2 is 2.27 bits per heavy atom. The Kier molecular flexibility index (Phi) is 5.75. The number of hydrogen-bond acceptors (Lipinski definition) is 4. The molecule has 7 heteroatoms. The number of carbonyl (C=O) groups is 2. The van der Waals surface area contributed by atoms with Crippen molar-refractivity contribution < 1.29 is 14.7 Å². The topological polar surface area (TPSA) is 85.8 Å². The van der Waals surface area contributed by atoms with Gasteiger partial charge >= 0.3 is 12.0 Å². The number of rotatable bonds is 8. The van der Waals surface area contributed by atoms with Crippen LogP contribution in [0.1, 0.15) is 30.5 Å². The molecule has 0 spiro atoms. The molecule has 1 atom stereocenters. The number of hydrogen-bond donors (Lipinski definition) is 2. The number of carboxylic acid groups (broad SMARTS) is 1. The van der Waals surface area contributed by atoms with Crippen LogP contribution in [0.4, 0.5) is 10.6 Å². The second-order valence-electron chi connectivity index (χ2n) is 6.81. The number of aliphatic carboxylic acids is 1. The summed E-state index contributed by atoms with van der Waals surface area (Å²) in [6.07, 6.45) is 5.32. The molecular formula is C19H26N4O3. The van der Waals surface area contributed by atoms with Gasteiger partial charge in [-0.3, -0.25) is 4.79 Å². The van der Waals surface area contributed by atoms with Crippen molar-refractivity contribution in [1.29, 1.82) is 0 Å². The van der Waals surface area contributed by atoms with Gasteiger partial charge in [0.2, 0.25) is 0 Å². The molecule has 0 bridgehead atoms. The summed E-state index contributed by atoms with van der Waals surface area (Å²) in [6, 6.07) is 3.67. The van der Waals surface area contributed by atoms with Crippen LogP contribution in [-0.4, -0.2) is 64.1 Å². The van der Waals surface area contributed by atoms with Crippen molar-refractivity contribution in [3.8, 4) is 0 Å². The fraction of sp³-hybridized carbons (Fsp3) is 0.526. The number of carbonyl (C=O) groups excluding carboxylic acids is 1. The fourth-order valence-electron chi connectivity index (χ4n) is 3.58. The van der Waals surface area contributed by atoms with Crippen LogP contribution < -0.4 is 5.32 Å². The third-order valence-corrected chi connectivity index (χ3v) is 5.00. The van der Waals surface area contributed by atoms with Gasteiger partial charge in [0, 0.05) is 31.9 Å². The number of aryl methyl sites for hydroxylation is 2. The summed E-state index contributed by atoms with van der Waals surface area (Å²) in [6.45, 7) is 6.46. The van der Waals surface area contributed by atoms with E-state index >= 15 is 0 Å². The molecular weight excluding hydrogens is 332 g/mol. The number of fused-ring (bicyclic) bond motifs is 1. The molecule has 140 valence electrons. The third-order valence-electron chi connectivity index (χ3n) is 5.00. The Hall–Kier alpha value is -2.57. The largest absolute Gasteiger partial charge is 0.481 e. The van der Waals surface area contributed by atoms with Crippen LogP contribution in [0.3, 0.4) is 0 Å². The summed E-state index contributed by atoms with van der Waals surface area (Å²) in [5.74, 6) is 0.0768. The number of urea groups is 1. The van der Waals surface area contributed by atoms with E-state index in [2.05, 4.69) is 29.0 Å². The van der Waals surface area contributed by atoms with Crippen LogP contribution in [0.25, 0.3) is 0 Å². The molecule has 0 aromatic carbocycles. The highest BCUT2D eigenvalue weighted by molar-refractivity contribution is 5.78. The van der Waals surface area contributed by atoms with E-state index < -0.39 is 12.0 Å². The fourth-order valence-corrected chi connectivity index (χ4v) is 3.58. The minimum absolute atomic E-state index is 0.101. The Labute approximate surface area is 153 Å². The Bertz CT molecular complexity index is 691. The minimum Gasteiger partial charge on any atom is -0.481 e. The van der Waals surface area contributed by atoms with Crippen molar-refractivity contribution >= 4 is 17.8 Å². The number of nitrogens with zero attached hydrogens (tertiary/aromatic N) is 3. The average Bonchev–Trinajstić information content (AvgIpc) is 3.00. The molecule has 7 nitrogen and oxygen atoms in total. The monoisotopic (exact) mass is 358 g/mol. The summed E-state index contributed by atoms with van der Waals surface area (Å²) in [7, 11) is 0. The lowest BCUT2D eigenvalue weighted by atomic mass is 10.1. The maximum Gasteiger partial charge on any atom is 0.320 e. The normalized spacial score (nSPS) is 17.6. The van der Waals surface area contributed by atoms with E-state index in [-0.39, 0.29) is 12.5 Å². The molecule has 1 aromatic rings. The van der Waals surface area contributed by atoms with Crippen LogP contribution >= 0.6 is 0 Å². The predicted molar refractivity (Wildman–Crippen MR) is 99.3 cm³/mol. The number of nitrogens with one attached hydrogen (secondary N) is 1. The summed E-state index contributed by atoms with van der Waals surface area (Å²) in [4.78, 5) is 31.5. The molecule has 0 aliphatic carbocycles. The highest BCUT2D eigenvalue weighted by Gasteiger charge is 2.32. The molecule has 2 aliphatic rings. The van der Waals surface area contributed by atoms with Gasteiger partial charge in [-0.15, -0.1) is 6.58 Å². The van der Waals surface area contributed by atoms with E-state index in [1.807, 2.05) is 0 Å². The first kappa shape index (κ1) is 18.2. The highest BCUT2D eigenvalue weighted by atomic mass is 16.4. The second-order valence-corrected chi connectivity index (χ2v) is 6.81. The molecule has 3 heterocycles. The molecule has 0 radical (unpaired) electrons. The van der Waals surface area contributed by atoms with E-state index in [4.69, 9.17) is 5.11 Å². The third kappa shape index (κ3) is 4.15. The lowest BCUT2D eigenvalue weighted by Crippen LogP contribution is -2.39. The van der Waals surface area contributed by atoms with Crippen molar-refractivity contribution in [2.45, 2.75) is 38.1 Å². The zero-order valence-corrected chi connectivity index (χ0v) is 15.0. The van der Waals surface area contributed by atoms with Gasteiger partial charge < -0.3 is 20.2 Å².